The zero-order valence-corrected chi connectivity index (χ0v) is 12.7. The molecule has 1 aliphatic heterocycles. The first kappa shape index (κ1) is 15.2. The fraction of sp³-hybridized carbons (Fsp3) is 0.118. The third-order valence-electron chi connectivity index (χ3n) is 3.70. The molecule has 2 aromatic rings. The molecule has 0 saturated carbocycles. The number of rotatable bonds is 3. The maximum absolute atomic E-state index is 12.5. The Balaban J connectivity index is 1.86. The highest BCUT2D eigenvalue weighted by Gasteiger charge is 2.46. The van der Waals surface area contributed by atoms with Crippen LogP contribution in [0, 0.1) is 5.92 Å². The first-order valence-corrected chi connectivity index (χ1v) is 7.40. The molecular weight excluding hydrogens is 316 g/mol. The molecule has 1 aliphatic rings. The Morgan fingerprint density at radius 3 is 2.26 bits per heavy atom. The van der Waals surface area contributed by atoms with E-state index in [9.17, 15) is 14.4 Å². The average molecular weight is 329 g/mol. The summed E-state index contributed by atoms with van der Waals surface area (Å²) in [5.41, 5.74) is 1.14. The quantitative estimate of drug-likeness (QED) is 0.670. The van der Waals surface area contributed by atoms with Gasteiger partial charge in [-0.1, -0.05) is 41.9 Å². The standard InChI is InChI=1S/C17H13ClN2O3/c18-11-6-8-12(9-7-11)19-16(22)14-13(15(21)20-17(14)23)10-4-2-1-3-5-10/h1-9,13-14H,(H,19,22)(H,20,21,23). The molecule has 0 bridgehead atoms. The molecule has 1 saturated heterocycles. The fourth-order valence-electron chi connectivity index (χ4n) is 2.61. The largest absolute Gasteiger partial charge is 0.325 e. The van der Waals surface area contributed by atoms with Gasteiger partial charge in [0, 0.05) is 10.7 Å². The van der Waals surface area contributed by atoms with Crippen LogP contribution < -0.4 is 10.6 Å². The van der Waals surface area contributed by atoms with Crippen LogP contribution in [0.1, 0.15) is 11.5 Å². The molecule has 0 aliphatic carbocycles. The Hall–Kier alpha value is -2.66. The molecule has 3 amide bonds. The smallest absolute Gasteiger partial charge is 0.240 e. The molecule has 2 unspecified atom stereocenters. The van der Waals surface area contributed by atoms with Crippen molar-refractivity contribution in [1.29, 1.82) is 0 Å². The van der Waals surface area contributed by atoms with Gasteiger partial charge in [0.25, 0.3) is 0 Å². The Morgan fingerprint density at radius 1 is 0.957 bits per heavy atom. The van der Waals surface area contributed by atoms with Crippen LogP contribution in [0.2, 0.25) is 5.02 Å². The number of nitrogens with one attached hydrogen (secondary N) is 2. The minimum Gasteiger partial charge on any atom is -0.325 e. The third-order valence-corrected chi connectivity index (χ3v) is 3.95. The minimum atomic E-state index is -1.10. The molecule has 23 heavy (non-hydrogen) atoms. The van der Waals surface area contributed by atoms with Gasteiger partial charge in [-0.25, -0.2) is 0 Å². The summed E-state index contributed by atoms with van der Waals surface area (Å²) in [4.78, 5) is 36.6. The molecule has 3 rings (SSSR count). The Bertz CT molecular complexity index is 759. The van der Waals surface area contributed by atoms with E-state index in [1.807, 2.05) is 0 Å². The molecular formula is C17H13ClN2O3. The predicted octanol–water partition coefficient (Wildman–Crippen LogP) is 2.33. The molecule has 5 nitrogen and oxygen atoms in total. The Kier molecular flexibility index (Phi) is 4.12. The van der Waals surface area contributed by atoms with E-state index in [2.05, 4.69) is 10.6 Å². The topological polar surface area (TPSA) is 75.3 Å². The highest BCUT2D eigenvalue weighted by molar-refractivity contribution is 6.30. The molecule has 0 aromatic heterocycles. The van der Waals surface area contributed by atoms with Crippen molar-refractivity contribution in [3.63, 3.8) is 0 Å². The van der Waals surface area contributed by atoms with Crippen LogP contribution in [0.25, 0.3) is 0 Å². The number of anilines is 1. The van der Waals surface area contributed by atoms with Crippen LogP contribution in [-0.2, 0) is 14.4 Å². The van der Waals surface area contributed by atoms with Crippen LogP contribution in [-0.4, -0.2) is 17.7 Å². The normalized spacial score (nSPS) is 20.2. The lowest BCUT2D eigenvalue weighted by molar-refractivity contribution is -0.130. The van der Waals surface area contributed by atoms with Crippen LogP contribution in [0.4, 0.5) is 5.69 Å². The van der Waals surface area contributed by atoms with Gasteiger partial charge in [-0.15, -0.1) is 0 Å². The van der Waals surface area contributed by atoms with E-state index in [4.69, 9.17) is 11.6 Å². The molecule has 2 N–H and O–H groups in total. The molecule has 2 atom stereocenters. The van der Waals surface area contributed by atoms with Gasteiger partial charge in [0.05, 0.1) is 5.92 Å². The van der Waals surface area contributed by atoms with Gasteiger partial charge in [-0.05, 0) is 29.8 Å². The van der Waals surface area contributed by atoms with Gasteiger partial charge >= 0.3 is 0 Å². The van der Waals surface area contributed by atoms with E-state index in [-0.39, 0.29) is 0 Å². The molecule has 0 spiro atoms. The van der Waals surface area contributed by atoms with Gasteiger partial charge in [0.15, 0.2) is 0 Å². The van der Waals surface area contributed by atoms with E-state index >= 15 is 0 Å². The molecule has 116 valence electrons. The van der Waals surface area contributed by atoms with E-state index in [1.165, 1.54) is 0 Å². The van der Waals surface area contributed by atoms with Crippen molar-refractivity contribution in [2.24, 2.45) is 5.92 Å². The molecule has 1 fully saturated rings. The van der Waals surface area contributed by atoms with E-state index < -0.39 is 29.6 Å². The second kappa shape index (κ2) is 6.22. The molecule has 0 radical (unpaired) electrons. The number of carbonyl (C=O) groups excluding carboxylic acids is 3. The molecule has 1 heterocycles. The van der Waals surface area contributed by atoms with Gasteiger partial charge in [-0.3, -0.25) is 19.7 Å². The number of imide groups is 1. The van der Waals surface area contributed by atoms with Crippen molar-refractivity contribution in [3.05, 3.63) is 65.2 Å². The summed E-state index contributed by atoms with van der Waals surface area (Å²) in [6.07, 6.45) is 0. The van der Waals surface area contributed by atoms with Crippen LogP contribution in [0.3, 0.4) is 0 Å². The Labute approximate surface area is 137 Å². The molecule has 6 heteroatoms. The average Bonchev–Trinajstić information content (AvgIpc) is 2.85. The highest BCUT2D eigenvalue weighted by atomic mass is 35.5. The SMILES string of the molecule is O=C1NC(=O)C(c2ccccc2)C1C(=O)Nc1ccc(Cl)cc1. The van der Waals surface area contributed by atoms with Crippen LogP contribution in [0.5, 0.6) is 0 Å². The van der Waals surface area contributed by atoms with Gasteiger partial charge in [-0.2, -0.15) is 0 Å². The fourth-order valence-corrected chi connectivity index (χ4v) is 2.73. The summed E-state index contributed by atoms with van der Waals surface area (Å²) in [6.45, 7) is 0. The number of benzene rings is 2. The lowest BCUT2D eigenvalue weighted by atomic mass is 9.87. The van der Waals surface area contributed by atoms with E-state index in [0.717, 1.165) is 0 Å². The van der Waals surface area contributed by atoms with Crippen LogP contribution in [0.15, 0.2) is 54.6 Å². The summed E-state index contributed by atoms with van der Waals surface area (Å²) in [6, 6.07) is 15.3. The summed E-state index contributed by atoms with van der Waals surface area (Å²) < 4.78 is 0. The third kappa shape index (κ3) is 3.10. The van der Waals surface area contributed by atoms with Gasteiger partial charge in [0.1, 0.15) is 5.92 Å². The lowest BCUT2D eigenvalue weighted by Gasteiger charge is -2.15. The zero-order chi connectivity index (χ0) is 16.4. The zero-order valence-electron chi connectivity index (χ0n) is 12.0. The van der Waals surface area contributed by atoms with Crippen molar-refractivity contribution < 1.29 is 14.4 Å². The predicted molar refractivity (Wildman–Crippen MR) is 85.9 cm³/mol. The van der Waals surface area contributed by atoms with Crippen molar-refractivity contribution in [2.45, 2.75) is 5.92 Å². The molecule has 2 aromatic carbocycles. The highest BCUT2D eigenvalue weighted by Crippen LogP contribution is 2.31. The van der Waals surface area contributed by atoms with Gasteiger partial charge < -0.3 is 5.32 Å². The van der Waals surface area contributed by atoms with Crippen molar-refractivity contribution >= 4 is 35.0 Å². The summed E-state index contributed by atoms with van der Waals surface area (Å²) in [5.74, 6) is -3.49. The number of amides is 3. The number of hydrogen-bond donors (Lipinski definition) is 2. The minimum absolute atomic E-state index is 0.461. The monoisotopic (exact) mass is 328 g/mol. The number of carbonyl (C=O) groups is 3. The Morgan fingerprint density at radius 2 is 1.61 bits per heavy atom. The second-order valence-corrected chi connectivity index (χ2v) is 5.65. The van der Waals surface area contributed by atoms with Crippen molar-refractivity contribution in [3.8, 4) is 0 Å². The summed E-state index contributed by atoms with van der Waals surface area (Å²) in [7, 11) is 0. The van der Waals surface area contributed by atoms with Crippen molar-refractivity contribution in [1.82, 2.24) is 5.32 Å². The van der Waals surface area contributed by atoms with Crippen LogP contribution >= 0.6 is 11.6 Å². The first-order chi connectivity index (χ1) is 11.1. The second-order valence-electron chi connectivity index (χ2n) is 5.22. The lowest BCUT2D eigenvalue weighted by Crippen LogP contribution is -2.32. The summed E-state index contributed by atoms with van der Waals surface area (Å²) >= 11 is 5.80. The van der Waals surface area contributed by atoms with Gasteiger partial charge in [0.2, 0.25) is 17.7 Å². The van der Waals surface area contributed by atoms with E-state index in [0.29, 0.717) is 16.3 Å². The maximum Gasteiger partial charge on any atom is 0.240 e. The summed E-state index contributed by atoms with van der Waals surface area (Å²) in [5, 5.41) is 5.42. The van der Waals surface area contributed by atoms with E-state index in [1.54, 1.807) is 54.6 Å². The maximum atomic E-state index is 12.5. The van der Waals surface area contributed by atoms with Crippen molar-refractivity contribution in [2.75, 3.05) is 5.32 Å². The first-order valence-electron chi connectivity index (χ1n) is 7.02. The number of hydrogen-bond acceptors (Lipinski definition) is 3. The number of halogens is 1.